The Kier molecular flexibility index (Phi) is 5.69. The molecular formula is C19H19N3O3S2. The Labute approximate surface area is 162 Å². The van der Waals surface area contributed by atoms with Gasteiger partial charge in [0.05, 0.1) is 15.6 Å². The van der Waals surface area contributed by atoms with E-state index in [2.05, 4.69) is 9.71 Å². The number of primary amides is 1. The number of aryl methyl sites for hydroxylation is 1. The van der Waals surface area contributed by atoms with Gasteiger partial charge in [-0.15, -0.1) is 11.3 Å². The zero-order chi connectivity index (χ0) is 19.4. The number of carbonyl (C=O) groups is 1. The van der Waals surface area contributed by atoms with Crippen molar-refractivity contribution < 1.29 is 13.2 Å². The van der Waals surface area contributed by atoms with Crippen molar-refractivity contribution in [1.82, 2.24) is 9.71 Å². The molecule has 3 N–H and O–H groups in total. The number of nitrogens with zero attached hydrogens (tertiary/aromatic N) is 1. The van der Waals surface area contributed by atoms with E-state index in [9.17, 15) is 13.2 Å². The van der Waals surface area contributed by atoms with Gasteiger partial charge in [-0.1, -0.05) is 24.3 Å². The third kappa shape index (κ3) is 4.79. The average molecular weight is 402 g/mol. The van der Waals surface area contributed by atoms with Crippen molar-refractivity contribution in [1.29, 1.82) is 0 Å². The Balaban J connectivity index is 1.59. The number of amides is 1. The maximum atomic E-state index is 12.3. The third-order valence-electron chi connectivity index (χ3n) is 4.02. The summed E-state index contributed by atoms with van der Waals surface area (Å²) in [4.78, 5) is 15.6. The maximum Gasteiger partial charge on any atom is 0.248 e. The van der Waals surface area contributed by atoms with Gasteiger partial charge in [0.25, 0.3) is 0 Å². The quantitative estimate of drug-likeness (QED) is 0.635. The van der Waals surface area contributed by atoms with Gasteiger partial charge in [0.15, 0.2) is 0 Å². The van der Waals surface area contributed by atoms with Gasteiger partial charge in [-0.2, -0.15) is 0 Å². The number of aromatic nitrogens is 1. The standard InChI is InChI=1S/C19H19N3O3S2/c1-13-22-18(12-26-13)15-4-2-14(3-5-15)10-11-21-27(24,25)17-8-6-16(7-9-17)19(20)23/h2-9,12,21H,10-11H2,1H3,(H2,20,23). The van der Waals surface area contributed by atoms with Gasteiger partial charge < -0.3 is 5.73 Å². The van der Waals surface area contributed by atoms with Crippen molar-refractivity contribution in [3.05, 3.63) is 70.0 Å². The summed E-state index contributed by atoms with van der Waals surface area (Å²) in [5, 5.41) is 3.04. The minimum Gasteiger partial charge on any atom is -0.366 e. The Bertz CT molecular complexity index is 1040. The summed E-state index contributed by atoms with van der Waals surface area (Å²) < 4.78 is 27.2. The molecule has 0 unspecified atom stereocenters. The number of hydrogen-bond donors (Lipinski definition) is 2. The van der Waals surface area contributed by atoms with E-state index in [1.54, 1.807) is 11.3 Å². The van der Waals surface area contributed by atoms with Crippen LogP contribution < -0.4 is 10.5 Å². The lowest BCUT2D eigenvalue weighted by Crippen LogP contribution is -2.26. The van der Waals surface area contributed by atoms with Gasteiger partial charge >= 0.3 is 0 Å². The molecule has 1 heterocycles. The highest BCUT2D eigenvalue weighted by Crippen LogP contribution is 2.22. The van der Waals surface area contributed by atoms with Gasteiger partial charge in [-0.05, 0) is 43.2 Å². The van der Waals surface area contributed by atoms with Crippen LogP contribution in [-0.2, 0) is 16.4 Å². The van der Waals surface area contributed by atoms with Crippen molar-refractivity contribution in [3.8, 4) is 11.3 Å². The van der Waals surface area contributed by atoms with Gasteiger partial charge in [-0.3, -0.25) is 4.79 Å². The molecule has 6 nitrogen and oxygen atoms in total. The van der Waals surface area contributed by atoms with Crippen molar-refractivity contribution in [2.75, 3.05) is 6.54 Å². The van der Waals surface area contributed by atoms with Crippen LogP contribution in [0.1, 0.15) is 20.9 Å². The zero-order valence-corrected chi connectivity index (χ0v) is 16.3. The fourth-order valence-electron chi connectivity index (χ4n) is 2.55. The average Bonchev–Trinajstić information content (AvgIpc) is 3.08. The minimum atomic E-state index is -3.63. The number of benzene rings is 2. The van der Waals surface area contributed by atoms with Crippen LogP contribution in [0.2, 0.25) is 0 Å². The highest BCUT2D eigenvalue weighted by molar-refractivity contribution is 7.89. The van der Waals surface area contributed by atoms with Crippen LogP contribution in [0, 0.1) is 6.92 Å². The summed E-state index contributed by atoms with van der Waals surface area (Å²) in [6.45, 7) is 2.24. The second kappa shape index (κ2) is 7.99. The summed E-state index contributed by atoms with van der Waals surface area (Å²) in [6.07, 6.45) is 0.564. The number of hydrogen-bond acceptors (Lipinski definition) is 5. The molecule has 0 aliphatic heterocycles. The van der Waals surface area contributed by atoms with Gasteiger partial charge in [0.1, 0.15) is 0 Å². The summed E-state index contributed by atoms with van der Waals surface area (Å²) in [7, 11) is -3.63. The summed E-state index contributed by atoms with van der Waals surface area (Å²) in [6, 6.07) is 13.5. The van der Waals surface area contributed by atoms with Crippen molar-refractivity contribution >= 4 is 27.3 Å². The van der Waals surface area contributed by atoms with Crippen molar-refractivity contribution in [2.24, 2.45) is 5.73 Å². The van der Waals surface area contributed by atoms with Crippen LogP contribution in [0.15, 0.2) is 58.8 Å². The number of nitrogens with one attached hydrogen (secondary N) is 1. The first-order chi connectivity index (χ1) is 12.8. The third-order valence-corrected chi connectivity index (χ3v) is 6.27. The first-order valence-electron chi connectivity index (χ1n) is 8.26. The van der Waals surface area contributed by atoms with Crippen LogP contribution in [0.5, 0.6) is 0 Å². The second-order valence-electron chi connectivity index (χ2n) is 5.99. The summed E-state index contributed by atoms with van der Waals surface area (Å²) >= 11 is 1.61. The fraction of sp³-hybridized carbons (Fsp3) is 0.158. The lowest BCUT2D eigenvalue weighted by molar-refractivity contribution is 0.1000. The number of rotatable bonds is 7. The summed E-state index contributed by atoms with van der Waals surface area (Å²) in [5.41, 5.74) is 8.44. The molecular weight excluding hydrogens is 382 g/mol. The molecule has 0 aliphatic rings. The number of nitrogens with two attached hydrogens (primary N) is 1. The first-order valence-corrected chi connectivity index (χ1v) is 10.6. The molecule has 27 heavy (non-hydrogen) atoms. The van der Waals surface area contributed by atoms with E-state index in [1.165, 1.54) is 24.3 Å². The van der Waals surface area contributed by atoms with Crippen LogP contribution in [0.25, 0.3) is 11.3 Å². The van der Waals surface area contributed by atoms with E-state index >= 15 is 0 Å². The smallest absolute Gasteiger partial charge is 0.248 e. The molecule has 0 aliphatic carbocycles. The Hall–Kier alpha value is -2.55. The van der Waals surface area contributed by atoms with Gasteiger partial charge in [0, 0.05) is 23.1 Å². The molecule has 3 rings (SSSR count). The molecule has 0 fully saturated rings. The molecule has 3 aromatic rings. The van der Waals surface area contributed by atoms with Crippen LogP contribution in [0.4, 0.5) is 0 Å². The molecule has 1 aromatic heterocycles. The van der Waals surface area contributed by atoms with Crippen LogP contribution in [-0.4, -0.2) is 25.9 Å². The fourth-order valence-corrected chi connectivity index (χ4v) is 4.20. The van der Waals surface area contributed by atoms with E-state index in [0.717, 1.165) is 21.8 Å². The van der Waals surface area contributed by atoms with Crippen LogP contribution >= 0.6 is 11.3 Å². The molecule has 0 atom stereocenters. The molecule has 0 saturated carbocycles. The zero-order valence-electron chi connectivity index (χ0n) is 14.7. The normalized spacial score (nSPS) is 11.4. The van der Waals surface area contributed by atoms with Gasteiger partial charge in [-0.25, -0.2) is 18.1 Å². The highest BCUT2D eigenvalue weighted by atomic mass is 32.2. The molecule has 0 radical (unpaired) electrons. The van der Waals surface area contributed by atoms with E-state index < -0.39 is 15.9 Å². The number of thiazole rings is 1. The predicted molar refractivity (Wildman–Crippen MR) is 106 cm³/mol. The second-order valence-corrected chi connectivity index (χ2v) is 8.81. The minimum absolute atomic E-state index is 0.0988. The van der Waals surface area contributed by atoms with Crippen LogP contribution in [0.3, 0.4) is 0 Å². The molecule has 140 valence electrons. The lowest BCUT2D eigenvalue weighted by atomic mass is 10.1. The molecule has 0 saturated heterocycles. The predicted octanol–water partition coefficient (Wildman–Crippen LogP) is 2.74. The van der Waals surface area contributed by atoms with E-state index in [1.807, 2.05) is 36.6 Å². The van der Waals surface area contributed by atoms with E-state index in [4.69, 9.17) is 5.73 Å². The van der Waals surface area contributed by atoms with E-state index in [-0.39, 0.29) is 17.0 Å². The largest absolute Gasteiger partial charge is 0.366 e. The Morgan fingerprint density at radius 3 is 2.33 bits per heavy atom. The Morgan fingerprint density at radius 2 is 1.78 bits per heavy atom. The molecule has 0 spiro atoms. The van der Waals surface area contributed by atoms with Crippen molar-refractivity contribution in [3.63, 3.8) is 0 Å². The molecule has 2 aromatic carbocycles. The number of carbonyl (C=O) groups excluding carboxylic acids is 1. The molecule has 8 heteroatoms. The topological polar surface area (TPSA) is 102 Å². The SMILES string of the molecule is Cc1nc(-c2ccc(CCNS(=O)(=O)c3ccc(C(N)=O)cc3)cc2)cs1. The van der Waals surface area contributed by atoms with E-state index in [0.29, 0.717) is 6.42 Å². The molecule has 1 amide bonds. The van der Waals surface area contributed by atoms with Gasteiger partial charge in [0.2, 0.25) is 15.9 Å². The van der Waals surface area contributed by atoms with Crippen molar-refractivity contribution in [2.45, 2.75) is 18.2 Å². The number of sulfonamides is 1. The summed E-state index contributed by atoms with van der Waals surface area (Å²) in [5.74, 6) is -0.594. The molecule has 0 bridgehead atoms. The maximum absolute atomic E-state index is 12.3. The Morgan fingerprint density at radius 1 is 1.11 bits per heavy atom. The monoisotopic (exact) mass is 401 g/mol. The first kappa shape index (κ1) is 19.2. The highest BCUT2D eigenvalue weighted by Gasteiger charge is 2.14. The lowest BCUT2D eigenvalue weighted by Gasteiger charge is -2.08.